The van der Waals surface area contributed by atoms with E-state index >= 15 is 0 Å². The summed E-state index contributed by atoms with van der Waals surface area (Å²) in [7, 11) is 0. The van der Waals surface area contributed by atoms with Crippen LogP contribution in [0.5, 0.6) is 0 Å². The summed E-state index contributed by atoms with van der Waals surface area (Å²) >= 11 is 0. The van der Waals surface area contributed by atoms with E-state index in [0.717, 1.165) is 0 Å². The van der Waals surface area contributed by atoms with Gasteiger partial charge < -0.3 is 4.98 Å². The van der Waals surface area contributed by atoms with Crippen LogP contribution in [0, 0.1) is 6.20 Å². The van der Waals surface area contributed by atoms with Crippen LogP contribution in [0.1, 0.15) is 0 Å². The van der Waals surface area contributed by atoms with E-state index in [-0.39, 0.29) is 20.1 Å². The van der Waals surface area contributed by atoms with Gasteiger partial charge in [0.25, 0.3) is 0 Å². The largest absolute Gasteiger partial charge is 0.484 e. The van der Waals surface area contributed by atoms with Crippen LogP contribution in [0.2, 0.25) is 0 Å². The zero-order chi connectivity index (χ0) is 3.54. The summed E-state index contributed by atoms with van der Waals surface area (Å²) in [5, 5.41) is 0. The SMILES string of the molecule is [Ir].[c-]1ccc[nH]1. The third kappa shape index (κ3) is 1.39. The van der Waals surface area contributed by atoms with Gasteiger partial charge in [-0.3, -0.25) is 0 Å². The fourth-order valence-corrected chi connectivity index (χ4v) is 0.241. The molecule has 1 aromatic rings. The Morgan fingerprint density at radius 1 is 1.50 bits per heavy atom. The van der Waals surface area contributed by atoms with Crippen LogP contribution in [-0.2, 0) is 20.1 Å². The smallest absolute Gasteiger partial charge is 0 e. The minimum Gasteiger partial charge on any atom is -0.484 e. The van der Waals surface area contributed by atoms with Crippen molar-refractivity contribution < 1.29 is 20.1 Å². The molecule has 1 N–H and O–H groups in total. The molecule has 0 aliphatic carbocycles. The molecule has 35 valence electrons. The first kappa shape index (κ1) is 5.93. The molecule has 1 heterocycles. The second-order valence-electron chi connectivity index (χ2n) is 0.814. The number of nitrogens with one attached hydrogen (secondary N) is 1. The molecular formula is C4H4IrN-. The summed E-state index contributed by atoms with van der Waals surface area (Å²) in [6, 6.07) is 3.71. The number of hydrogen-bond donors (Lipinski definition) is 1. The van der Waals surface area contributed by atoms with Crippen molar-refractivity contribution in [1.29, 1.82) is 0 Å². The zero-order valence-electron chi connectivity index (χ0n) is 3.07. The number of rotatable bonds is 0. The molecule has 0 aliphatic rings. The van der Waals surface area contributed by atoms with Gasteiger partial charge in [0, 0.05) is 20.1 Å². The summed E-state index contributed by atoms with van der Waals surface area (Å²) in [5.41, 5.74) is 0. The maximum atomic E-state index is 2.74. The average molecular weight is 258 g/mol. The normalized spacial score (nSPS) is 6.67. The Balaban J connectivity index is 0.000000250. The molecule has 2 heteroatoms. The van der Waals surface area contributed by atoms with Crippen LogP contribution in [0.15, 0.2) is 18.3 Å². The van der Waals surface area contributed by atoms with Crippen LogP contribution in [0.3, 0.4) is 0 Å². The van der Waals surface area contributed by atoms with Crippen molar-refractivity contribution in [3.05, 3.63) is 24.5 Å². The minimum absolute atomic E-state index is 0. The van der Waals surface area contributed by atoms with E-state index in [2.05, 4.69) is 11.2 Å². The predicted molar refractivity (Wildman–Crippen MR) is 19.6 cm³/mol. The molecule has 0 amide bonds. The van der Waals surface area contributed by atoms with Crippen molar-refractivity contribution >= 4 is 0 Å². The van der Waals surface area contributed by atoms with Crippen LogP contribution >= 0.6 is 0 Å². The van der Waals surface area contributed by atoms with Gasteiger partial charge in [-0.1, -0.05) is 0 Å². The van der Waals surface area contributed by atoms with Crippen molar-refractivity contribution in [1.82, 2.24) is 4.98 Å². The van der Waals surface area contributed by atoms with Gasteiger partial charge in [-0.05, 0) is 0 Å². The first-order valence-electron chi connectivity index (χ1n) is 1.49. The van der Waals surface area contributed by atoms with E-state index in [4.69, 9.17) is 0 Å². The molecule has 1 radical (unpaired) electrons. The molecule has 0 fully saturated rings. The Kier molecular flexibility index (Phi) is 3.10. The monoisotopic (exact) mass is 259 g/mol. The molecule has 1 nitrogen and oxygen atoms in total. The topological polar surface area (TPSA) is 15.8 Å². The summed E-state index contributed by atoms with van der Waals surface area (Å²) in [5.74, 6) is 0. The van der Waals surface area contributed by atoms with Crippen LogP contribution in [0.25, 0.3) is 0 Å². The average Bonchev–Trinajstić information content (AvgIpc) is 1.76. The summed E-state index contributed by atoms with van der Waals surface area (Å²) in [4.78, 5) is 2.74. The van der Waals surface area contributed by atoms with Gasteiger partial charge in [0.05, 0.1) is 0 Å². The van der Waals surface area contributed by atoms with Crippen molar-refractivity contribution in [2.75, 3.05) is 0 Å². The molecule has 0 aliphatic heterocycles. The maximum Gasteiger partial charge on any atom is 0 e. The van der Waals surface area contributed by atoms with Gasteiger partial charge in [0.1, 0.15) is 0 Å². The quantitative estimate of drug-likeness (QED) is 0.663. The van der Waals surface area contributed by atoms with Crippen molar-refractivity contribution in [3.63, 3.8) is 0 Å². The number of hydrogen-bond acceptors (Lipinski definition) is 0. The van der Waals surface area contributed by atoms with Gasteiger partial charge >= 0.3 is 0 Å². The fourth-order valence-electron chi connectivity index (χ4n) is 0.241. The standard InChI is InChI=1S/C4H4N.Ir/c1-2-4-5-3-1;/h1-3,5H;/q-1;. The molecule has 0 spiro atoms. The van der Waals surface area contributed by atoms with Gasteiger partial charge in [-0.25, -0.2) is 0 Å². The van der Waals surface area contributed by atoms with E-state index in [0.29, 0.717) is 0 Å². The summed E-state index contributed by atoms with van der Waals surface area (Å²) < 4.78 is 0. The number of aromatic amines is 1. The molecule has 0 atom stereocenters. The first-order chi connectivity index (χ1) is 2.50. The Hall–Kier alpha value is -0.0706. The molecule has 1 rings (SSSR count). The molecule has 6 heavy (non-hydrogen) atoms. The second kappa shape index (κ2) is 3.13. The van der Waals surface area contributed by atoms with E-state index < -0.39 is 0 Å². The van der Waals surface area contributed by atoms with Gasteiger partial charge in [-0.15, -0.1) is 6.20 Å². The van der Waals surface area contributed by atoms with Crippen LogP contribution in [0.4, 0.5) is 0 Å². The van der Waals surface area contributed by atoms with E-state index in [1.807, 2.05) is 18.3 Å². The van der Waals surface area contributed by atoms with Gasteiger partial charge in [0.15, 0.2) is 0 Å². The number of H-pyrrole nitrogens is 1. The molecule has 0 aromatic carbocycles. The molecular weight excluding hydrogens is 254 g/mol. The minimum atomic E-state index is 0. The Labute approximate surface area is 50.1 Å². The molecule has 0 unspecified atom stereocenters. The zero-order valence-corrected chi connectivity index (χ0v) is 5.46. The maximum absolute atomic E-state index is 2.74. The van der Waals surface area contributed by atoms with Crippen molar-refractivity contribution in [2.45, 2.75) is 0 Å². The molecule has 1 aromatic heterocycles. The first-order valence-corrected chi connectivity index (χ1v) is 1.49. The third-order valence-corrected chi connectivity index (χ3v) is 0.442. The molecule has 0 saturated carbocycles. The summed E-state index contributed by atoms with van der Waals surface area (Å²) in [6.07, 6.45) is 4.56. The molecule has 0 bridgehead atoms. The second-order valence-corrected chi connectivity index (χ2v) is 0.814. The van der Waals surface area contributed by atoms with Gasteiger partial charge in [0.2, 0.25) is 0 Å². The number of aromatic nitrogens is 1. The van der Waals surface area contributed by atoms with Gasteiger partial charge in [-0.2, -0.15) is 18.3 Å². The van der Waals surface area contributed by atoms with Crippen LogP contribution < -0.4 is 0 Å². The fraction of sp³-hybridized carbons (Fsp3) is 0. The van der Waals surface area contributed by atoms with E-state index in [9.17, 15) is 0 Å². The molecule has 0 saturated heterocycles. The Morgan fingerprint density at radius 3 is 2.50 bits per heavy atom. The van der Waals surface area contributed by atoms with Crippen LogP contribution in [-0.4, -0.2) is 4.98 Å². The van der Waals surface area contributed by atoms with Crippen molar-refractivity contribution in [3.8, 4) is 0 Å². The van der Waals surface area contributed by atoms with E-state index in [1.165, 1.54) is 0 Å². The predicted octanol–water partition coefficient (Wildman–Crippen LogP) is 0.812. The van der Waals surface area contributed by atoms with E-state index in [1.54, 1.807) is 0 Å². The summed E-state index contributed by atoms with van der Waals surface area (Å²) in [6.45, 7) is 0. The third-order valence-electron chi connectivity index (χ3n) is 0.442. The Bertz CT molecular complexity index is 64.0. The Morgan fingerprint density at radius 2 is 2.33 bits per heavy atom. The van der Waals surface area contributed by atoms with Crippen molar-refractivity contribution in [2.24, 2.45) is 0 Å².